The van der Waals surface area contributed by atoms with Gasteiger partial charge in [0.25, 0.3) is 10.0 Å². The van der Waals surface area contributed by atoms with Crippen LogP contribution in [0.25, 0.3) is 0 Å². The summed E-state index contributed by atoms with van der Waals surface area (Å²) in [6, 6.07) is 13.0. The first kappa shape index (κ1) is 18.9. The van der Waals surface area contributed by atoms with Crippen LogP contribution in [0.1, 0.15) is 12.5 Å². The summed E-state index contributed by atoms with van der Waals surface area (Å²) in [4.78, 5) is 11.1. The molecule has 27 heavy (non-hydrogen) atoms. The molecule has 0 atom stereocenters. The lowest BCUT2D eigenvalue weighted by Gasteiger charge is -2.10. The number of sulfonamides is 1. The fourth-order valence-electron chi connectivity index (χ4n) is 2.48. The molecule has 2 N–H and O–H groups in total. The standard InChI is InChI=1S/C18H17ClN4O3S/c1-13(24)21-16-5-7-18(8-6-16)27(25,26)22-17-4-2-3-14(9-17)11-23-12-15(19)10-20-23/h2-10,12,22H,11H2,1H3,(H,21,24). The molecule has 0 bridgehead atoms. The van der Waals surface area contributed by atoms with Crippen LogP contribution in [-0.4, -0.2) is 24.1 Å². The summed E-state index contributed by atoms with van der Waals surface area (Å²) in [6.45, 7) is 1.85. The van der Waals surface area contributed by atoms with Crippen LogP contribution in [0.4, 0.5) is 11.4 Å². The molecule has 1 amide bonds. The summed E-state index contributed by atoms with van der Waals surface area (Å²) >= 11 is 5.85. The lowest BCUT2D eigenvalue weighted by atomic mass is 10.2. The van der Waals surface area contributed by atoms with Gasteiger partial charge in [0.2, 0.25) is 5.91 Å². The lowest BCUT2D eigenvalue weighted by Crippen LogP contribution is -2.13. The summed E-state index contributed by atoms with van der Waals surface area (Å²) in [7, 11) is -3.75. The van der Waals surface area contributed by atoms with Crippen LogP contribution in [0, 0.1) is 0 Å². The highest BCUT2D eigenvalue weighted by Gasteiger charge is 2.14. The lowest BCUT2D eigenvalue weighted by molar-refractivity contribution is -0.114. The quantitative estimate of drug-likeness (QED) is 0.658. The molecule has 0 fully saturated rings. The largest absolute Gasteiger partial charge is 0.326 e. The number of anilines is 2. The molecule has 0 unspecified atom stereocenters. The van der Waals surface area contributed by atoms with E-state index in [-0.39, 0.29) is 10.8 Å². The fraction of sp³-hybridized carbons (Fsp3) is 0.111. The van der Waals surface area contributed by atoms with E-state index >= 15 is 0 Å². The Hall–Kier alpha value is -2.84. The smallest absolute Gasteiger partial charge is 0.261 e. The van der Waals surface area contributed by atoms with Crippen molar-refractivity contribution in [2.24, 2.45) is 0 Å². The predicted molar refractivity (Wildman–Crippen MR) is 104 cm³/mol. The molecule has 0 spiro atoms. The predicted octanol–water partition coefficient (Wildman–Crippen LogP) is 3.34. The molecule has 0 radical (unpaired) electrons. The molecule has 140 valence electrons. The maximum atomic E-state index is 12.6. The number of amides is 1. The molecular formula is C18H17ClN4O3S. The van der Waals surface area contributed by atoms with Crippen LogP contribution in [0.5, 0.6) is 0 Å². The molecule has 3 aromatic rings. The van der Waals surface area contributed by atoms with Gasteiger partial charge in [-0.15, -0.1) is 0 Å². The minimum Gasteiger partial charge on any atom is -0.326 e. The number of carbonyl (C=O) groups is 1. The molecule has 0 aliphatic heterocycles. The Kier molecular flexibility index (Phi) is 5.48. The first-order valence-corrected chi connectivity index (χ1v) is 9.85. The van der Waals surface area contributed by atoms with Crippen molar-refractivity contribution < 1.29 is 13.2 Å². The summed E-state index contributed by atoms with van der Waals surface area (Å²) in [5, 5.41) is 7.24. The van der Waals surface area contributed by atoms with E-state index in [0.29, 0.717) is 22.9 Å². The molecule has 7 nitrogen and oxygen atoms in total. The topological polar surface area (TPSA) is 93.1 Å². The van der Waals surface area contributed by atoms with Crippen molar-refractivity contribution in [1.29, 1.82) is 0 Å². The number of nitrogens with one attached hydrogen (secondary N) is 2. The summed E-state index contributed by atoms with van der Waals surface area (Å²) in [6.07, 6.45) is 3.23. The third-order valence-electron chi connectivity index (χ3n) is 3.61. The van der Waals surface area contributed by atoms with Gasteiger partial charge in [-0.25, -0.2) is 8.42 Å². The van der Waals surface area contributed by atoms with Gasteiger partial charge in [-0.05, 0) is 42.0 Å². The Morgan fingerprint density at radius 1 is 1.15 bits per heavy atom. The van der Waals surface area contributed by atoms with E-state index in [2.05, 4.69) is 15.1 Å². The number of nitrogens with zero attached hydrogens (tertiary/aromatic N) is 2. The van der Waals surface area contributed by atoms with Crippen molar-refractivity contribution in [2.45, 2.75) is 18.4 Å². The third-order valence-corrected chi connectivity index (χ3v) is 5.20. The number of rotatable bonds is 6. The number of aromatic nitrogens is 2. The second kappa shape index (κ2) is 7.81. The second-order valence-electron chi connectivity index (χ2n) is 5.87. The Morgan fingerprint density at radius 2 is 1.89 bits per heavy atom. The highest BCUT2D eigenvalue weighted by Crippen LogP contribution is 2.20. The van der Waals surface area contributed by atoms with Crippen LogP contribution in [0.15, 0.2) is 65.8 Å². The van der Waals surface area contributed by atoms with E-state index in [1.807, 2.05) is 6.07 Å². The SMILES string of the molecule is CC(=O)Nc1ccc(S(=O)(=O)Nc2cccc(Cn3cc(Cl)cn3)c2)cc1. The Balaban J connectivity index is 1.75. The minimum absolute atomic E-state index is 0.0980. The molecule has 0 aliphatic carbocycles. The molecule has 0 aliphatic rings. The fourth-order valence-corrected chi connectivity index (χ4v) is 3.69. The summed E-state index contributed by atoms with van der Waals surface area (Å²) in [5.41, 5.74) is 1.84. The van der Waals surface area contributed by atoms with Crippen molar-refractivity contribution in [1.82, 2.24) is 9.78 Å². The van der Waals surface area contributed by atoms with Crippen LogP contribution >= 0.6 is 11.6 Å². The van der Waals surface area contributed by atoms with Crippen LogP contribution < -0.4 is 10.0 Å². The van der Waals surface area contributed by atoms with E-state index in [0.717, 1.165) is 5.56 Å². The van der Waals surface area contributed by atoms with Gasteiger partial charge in [-0.3, -0.25) is 14.2 Å². The maximum absolute atomic E-state index is 12.6. The van der Waals surface area contributed by atoms with Crippen LogP contribution in [0.2, 0.25) is 5.02 Å². The van der Waals surface area contributed by atoms with Gasteiger partial charge in [0.15, 0.2) is 0 Å². The van der Waals surface area contributed by atoms with E-state index in [1.54, 1.807) is 35.3 Å². The van der Waals surface area contributed by atoms with E-state index in [4.69, 9.17) is 11.6 Å². The zero-order valence-corrected chi connectivity index (χ0v) is 16.0. The molecule has 0 saturated carbocycles. The number of halogens is 1. The van der Waals surface area contributed by atoms with Gasteiger partial charge in [-0.1, -0.05) is 23.7 Å². The molecule has 1 aromatic heterocycles. The Labute approximate surface area is 162 Å². The van der Waals surface area contributed by atoms with Crippen LogP contribution in [-0.2, 0) is 21.4 Å². The van der Waals surface area contributed by atoms with Crippen molar-refractivity contribution in [2.75, 3.05) is 10.0 Å². The van der Waals surface area contributed by atoms with Gasteiger partial charge >= 0.3 is 0 Å². The zero-order chi connectivity index (χ0) is 19.4. The molecule has 2 aromatic carbocycles. The number of hydrogen-bond donors (Lipinski definition) is 2. The Bertz CT molecular complexity index is 1060. The normalized spacial score (nSPS) is 11.2. The van der Waals surface area contributed by atoms with E-state index in [1.165, 1.54) is 31.2 Å². The number of benzene rings is 2. The summed E-state index contributed by atoms with van der Waals surface area (Å²) in [5.74, 6) is -0.223. The maximum Gasteiger partial charge on any atom is 0.261 e. The van der Waals surface area contributed by atoms with Gasteiger partial charge in [0, 0.05) is 24.5 Å². The zero-order valence-electron chi connectivity index (χ0n) is 14.4. The van der Waals surface area contributed by atoms with E-state index in [9.17, 15) is 13.2 Å². The summed E-state index contributed by atoms with van der Waals surface area (Å²) < 4.78 is 29.4. The first-order chi connectivity index (χ1) is 12.8. The van der Waals surface area contributed by atoms with Gasteiger partial charge in [0.05, 0.1) is 22.7 Å². The first-order valence-electron chi connectivity index (χ1n) is 7.99. The molecule has 0 saturated heterocycles. The second-order valence-corrected chi connectivity index (χ2v) is 7.99. The van der Waals surface area contributed by atoms with Crippen LogP contribution in [0.3, 0.4) is 0 Å². The van der Waals surface area contributed by atoms with Gasteiger partial charge in [-0.2, -0.15) is 5.10 Å². The molecule has 3 rings (SSSR count). The third kappa shape index (κ3) is 5.08. The Morgan fingerprint density at radius 3 is 2.52 bits per heavy atom. The molecular weight excluding hydrogens is 388 g/mol. The highest BCUT2D eigenvalue weighted by atomic mass is 35.5. The van der Waals surface area contributed by atoms with Crippen molar-refractivity contribution >= 4 is 38.9 Å². The number of hydrogen-bond acceptors (Lipinski definition) is 4. The van der Waals surface area contributed by atoms with Crippen molar-refractivity contribution in [3.63, 3.8) is 0 Å². The average Bonchev–Trinajstić information content (AvgIpc) is 2.99. The van der Waals surface area contributed by atoms with Crippen molar-refractivity contribution in [3.8, 4) is 0 Å². The molecule has 9 heteroatoms. The molecule has 1 heterocycles. The van der Waals surface area contributed by atoms with Crippen molar-refractivity contribution in [3.05, 3.63) is 71.5 Å². The van der Waals surface area contributed by atoms with Gasteiger partial charge < -0.3 is 5.32 Å². The highest BCUT2D eigenvalue weighted by molar-refractivity contribution is 7.92. The number of carbonyl (C=O) groups excluding carboxylic acids is 1. The van der Waals surface area contributed by atoms with E-state index < -0.39 is 10.0 Å². The average molecular weight is 405 g/mol. The van der Waals surface area contributed by atoms with Gasteiger partial charge in [0.1, 0.15) is 0 Å². The monoisotopic (exact) mass is 404 g/mol. The minimum atomic E-state index is -3.75.